The molecular formula is C17H13N3. The highest BCUT2D eigenvalue weighted by Gasteiger charge is 2.16. The number of benzene rings is 3. The zero-order valence-electron chi connectivity index (χ0n) is 10.9. The van der Waals surface area contributed by atoms with E-state index in [4.69, 9.17) is 0 Å². The smallest absolute Gasteiger partial charge is 0.0974 e. The van der Waals surface area contributed by atoms with Gasteiger partial charge in [-0.15, -0.1) is 5.11 Å². The molecule has 0 bridgehead atoms. The largest absolute Gasteiger partial charge is 0.242 e. The van der Waals surface area contributed by atoms with E-state index in [1.807, 2.05) is 35.3 Å². The van der Waals surface area contributed by atoms with Gasteiger partial charge in [0.15, 0.2) is 0 Å². The van der Waals surface area contributed by atoms with Crippen LogP contribution in [-0.4, -0.2) is 0 Å². The van der Waals surface area contributed by atoms with Crippen LogP contribution >= 0.6 is 0 Å². The van der Waals surface area contributed by atoms with E-state index in [2.05, 4.69) is 46.7 Å². The molecule has 0 N–H and O–H groups in total. The molecular weight excluding hydrogens is 246 g/mol. The van der Waals surface area contributed by atoms with Crippen LogP contribution < -0.4 is 5.01 Å². The van der Waals surface area contributed by atoms with Crippen LogP contribution in [0.15, 0.2) is 77.1 Å². The molecule has 96 valence electrons. The molecule has 1 aliphatic heterocycles. The molecule has 3 aromatic carbocycles. The fourth-order valence-electron chi connectivity index (χ4n) is 2.62. The van der Waals surface area contributed by atoms with Gasteiger partial charge in [0, 0.05) is 5.39 Å². The summed E-state index contributed by atoms with van der Waals surface area (Å²) in [5, 5.41) is 13.0. The summed E-state index contributed by atoms with van der Waals surface area (Å²) in [6, 6.07) is 22.8. The van der Waals surface area contributed by atoms with Crippen LogP contribution in [0.3, 0.4) is 0 Å². The minimum atomic E-state index is 0.734. The first-order valence-corrected chi connectivity index (χ1v) is 6.67. The van der Waals surface area contributed by atoms with Crippen molar-refractivity contribution in [2.24, 2.45) is 10.3 Å². The highest BCUT2D eigenvalue weighted by Crippen LogP contribution is 2.39. The maximum absolute atomic E-state index is 4.35. The lowest BCUT2D eigenvalue weighted by Crippen LogP contribution is -2.16. The third kappa shape index (κ3) is 1.75. The van der Waals surface area contributed by atoms with Gasteiger partial charge in [0.05, 0.1) is 17.9 Å². The third-order valence-corrected chi connectivity index (χ3v) is 3.57. The molecule has 0 radical (unpaired) electrons. The van der Waals surface area contributed by atoms with Gasteiger partial charge >= 0.3 is 0 Å². The second kappa shape index (κ2) is 4.46. The summed E-state index contributed by atoms with van der Waals surface area (Å²) in [6.45, 7) is 0.734. The summed E-state index contributed by atoms with van der Waals surface area (Å²) in [4.78, 5) is 0. The Hall–Kier alpha value is -2.68. The minimum absolute atomic E-state index is 0.734. The molecule has 3 aromatic rings. The van der Waals surface area contributed by atoms with Crippen LogP contribution in [0.1, 0.15) is 5.56 Å². The molecule has 0 unspecified atom stereocenters. The van der Waals surface area contributed by atoms with E-state index < -0.39 is 0 Å². The van der Waals surface area contributed by atoms with Crippen LogP contribution in [0.25, 0.3) is 10.8 Å². The average Bonchev–Trinajstić information content (AvgIpc) is 2.51. The molecule has 0 fully saturated rings. The van der Waals surface area contributed by atoms with Gasteiger partial charge in [-0.2, -0.15) is 0 Å². The van der Waals surface area contributed by atoms with Crippen molar-refractivity contribution >= 4 is 22.1 Å². The van der Waals surface area contributed by atoms with Crippen molar-refractivity contribution in [2.75, 3.05) is 5.01 Å². The summed E-state index contributed by atoms with van der Waals surface area (Å²) in [5.74, 6) is 0. The molecule has 0 saturated heterocycles. The van der Waals surface area contributed by atoms with Gasteiger partial charge in [0.1, 0.15) is 0 Å². The van der Waals surface area contributed by atoms with Crippen molar-refractivity contribution in [3.05, 3.63) is 72.3 Å². The van der Waals surface area contributed by atoms with E-state index in [0.717, 1.165) is 17.9 Å². The third-order valence-electron chi connectivity index (χ3n) is 3.57. The summed E-state index contributed by atoms with van der Waals surface area (Å²) >= 11 is 0. The second-order valence-electron chi connectivity index (χ2n) is 4.89. The summed E-state index contributed by atoms with van der Waals surface area (Å²) < 4.78 is 0. The first-order chi connectivity index (χ1) is 9.92. The van der Waals surface area contributed by atoms with E-state index in [1.165, 1.54) is 16.3 Å². The average molecular weight is 259 g/mol. The second-order valence-corrected chi connectivity index (χ2v) is 4.89. The lowest BCUT2D eigenvalue weighted by molar-refractivity contribution is 0.799. The maximum atomic E-state index is 4.35. The topological polar surface area (TPSA) is 28.0 Å². The molecule has 4 rings (SSSR count). The quantitative estimate of drug-likeness (QED) is 0.646. The molecule has 3 heteroatoms. The Bertz CT molecular complexity index is 788. The number of hydrogen-bond acceptors (Lipinski definition) is 3. The van der Waals surface area contributed by atoms with Gasteiger partial charge in [-0.3, -0.25) is 0 Å². The van der Waals surface area contributed by atoms with Gasteiger partial charge in [-0.25, -0.2) is 5.01 Å². The predicted molar refractivity (Wildman–Crippen MR) is 81.1 cm³/mol. The fraction of sp³-hybridized carbons (Fsp3) is 0.0588. The molecule has 0 aromatic heterocycles. The van der Waals surface area contributed by atoms with Gasteiger partial charge in [0.2, 0.25) is 0 Å². The molecule has 0 spiro atoms. The Morgan fingerprint density at radius 2 is 1.60 bits per heavy atom. The number of hydrogen-bond donors (Lipinski definition) is 0. The molecule has 1 heterocycles. The molecule has 20 heavy (non-hydrogen) atoms. The zero-order chi connectivity index (χ0) is 13.4. The van der Waals surface area contributed by atoms with Crippen LogP contribution in [0, 0.1) is 0 Å². The van der Waals surface area contributed by atoms with Crippen LogP contribution in [0.2, 0.25) is 0 Å². The SMILES string of the molecule is c1ccc(CN2N=Nc3cccc4cccc2c34)cc1. The fourth-order valence-corrected chi connectivity index (χ4v) is 2.62. The van der Waals surface area contributed by atoms with Gasteiger partial charge in [-0.1, -0.05) is 59.8 Å². The number of nitrogens with zero attached hydrogens (tertiary/aromatic N) is 3. The molecule has 0 saturated carbocycles. The Balaban J connectivity index is 1.82. The first kappa shape index (κ1) is 11.2. The van der Waals surface area contributed by atoms with Gasteiger partial charge < -0.3 is 0 Å². The van der Waals surface area contributed by atoms with Gasteiger partial charge in [-0.05, 0) is 23.1 Å². The highest BCUT2D eigenvalue weighted by atomic mass is 15.5. The minimum Gasteiger partial charge on any atom is -0.242 e. The summed E-state index contributed by atoms with van der Waals surface area (Å²) in [5.41, 5.74) is 3.29. The monoisotopic (exact) mass is 259 g/mol. The Kier molecular flexibility index (Phi) is 2.49. The van der Waals surface area contributed by atoms with Crippen molar-refractivity contribution in [2.45, 2.75) is 6.54 Å². The van der Waals surface area contributed by atoms with Crippen molar-refractivity contribution in [1.82, 2.24) is 0 Å². The van der Waals surface area contributed by atoms with Crippen molar-refractivity contribution in [3.8, 4) is 0 Å². The maximum Gasteiger partial charge on any atom is 0.0974 e. The Labute approximate surface area is 117 Å². The van der Waals surface area contributed by atoms with E-state index in [9.17, 15) is 0 Å². The van der Waals surface area contributed by atoms with Crippen molar-refractivity contribution < 1.29 is 0 Å². The number of anilines is 1. The molecule has 0 aliphatic carbocycles. The van der Waals surface area contributed by atoms with E-state index in [0.29, 0.717) is 0 Å². The normalized spacial score (nSPS) is 12.9. The van der Waals surface area contributed by atoms with E-state index >= 15 is 0 Å². The standard InChI is InChI=1S/C17H13N3/c1-2-6-13(7-3-1)12-20-16-11-5-9-14-8-4-10-15(17(14)16)18-19-20/h1-11H,12H2. The molecule has 3 nitrogen and oxygen atoms in total. The highest BCUT2D eigenvalue weighted by molar-refractivity contribution is 6.02. The summed E-state index contributed by atoms with van der Waals surface area (Å²) in [6.07, 6.45) is 0. The van der Waals surface area contributed by atoms with Crippen molar-refractivity contribution in [1.29, 1.82) is 0 Å². The van der Waals surface area contributed by atoms with Crippen molar-refractivity contribution in [3.63, 3.8) is 0 Å². The van der Waals surface area contributed by atoms with Gasteiger partial charge in [0.25, 0.3) is 0 Å². The zero-order valence-corrected chi connectivity index (χ0v) is 10.9. The first-order valence-electron chi connectivity index (χ1n) is 6.67. The summed E-state index contributed by atoms with van der Waals surface area (Å²) in [7, 11) is 0. The van der Waals surface area contributed by atoms with E-state index in [1.54, 1.807) is 0 Å². The number of rotatable bonds is 2. The Morgan fingerprint density at radius 3 is 2.45 bits per heavy atom. The van der Waals surface area contributed by atoms with Crippen LogP contribution in [0.5, 0.6) is 0 Å². The molecule has 0 atom stereocenters. The lowest BCUT2D eigenvalue weighted by Gasteiger charge is -2.23. The molecule has 1 aliphatic rings. The Morgan fingerprint density at radius 1 is 0.800 bits per heavy atom. The lowest BCUT2D eigenvalue weighted by atomic mass is 10.1. The van der Waals surface area contributed by atoms with Crippen LogP contribution in [0.4, 0.5) is 11.4 Å². The van der Waals surface area contributed by atoms with Crippen LogP contribution in [-0.2, 0) is 6.54 Å². The predicted octanol–water partition coefficient (Wildman–Crippen LogP) is 4.86. The molecule has 0 amide bonds. The van der Waals surface area contributed by atoms with E-state index in [-0.39, 0.29) is 0 Å².